The van der Waals surface area contributed by atoms with E-state index in [4.69, 9.17) is 10.5 Å². The lowest BCUT2D eigenvalue weighted by molar-refractivity contribution is -0.163. The molecule has 2 aliphatic carbocycles. The first-order valence-corrected chi connectivity index (χ1v) is 11.4. The van der Waals surface area contributed by atoms with E-state index in [1.807, 2.05) is 6.07 Å². The number of hydrogen-bond acceptors (Lipinski definition) is 4. The number of nitrogens with zero attached hydrogens (tertiary/aromatic N) is 1. The van der Waals surface area contributed by atoms with Gasteiger partial charge >= 0.3 is 6.03 Å². The average Bonchev–Trinajstić information content (AvgIpc) is 3.54. The van der Waals surface area contributed by atoms with Crippen molar-refractivity contribution in [2.45, 2.75) is 69.4 Å². The van der Waals surface area contributed by atoms with E-state index in [1.165, 1.54) is 24.0 Å². The maximum Gasteiger partial charge on any atom is 0.312 e. The molecule has 3 fully saturated rings. The second kappa shape index (κ2) is 8.04. The van der Waals surface area contributed by atoms with E-state index in [-0.39, 0.29) is 11.5 Å². The zero-order valence-corrected chi connectivity index (χ0v) is 18.6. The zero-order chi connectivity index (χ0) is 21.5. The molecular weight excluding hydrogens is 378 g/mol. The molecule has 30 heavy (non-hydrogen) atoms. The molecule has 6 nitrogen and oxygen atoms in total. The van der Waals surface area contributed by atoms with Crippen LogP contribution in [0.1, 0.15) is 56.6 Å². The minimum Gasteiger partial charge on any atom is -0.497 e. The highest BCUT2D eigenvalue weighted by molar-refractivity contribution is 5.71. The molecule has 6 heteroatoms. The standard InChI is InChI=1S/C24H37N3O3/c1-16-4-7-20(30-3)12-21(16)23-10-11-27(15-18-5-6-18)17(2)24(23,29)9-8-19(13-23)14-26-22(25)28/h4,7,12,17-19,29H,5-6,8-11,13-15H2,1-3H3,(H3,25,26,28). The van der Waals surface area contributed by atoms with Crippen LogP contribution in [-0.4, -0.2) is 54.4 Å². The predicted molar refractivity (Wildman–Crippen MR) is 118 cm³/mol. The van der Waals surface area contributed by atoms with Gasteiger partial charge in [-0.15, -0.1) is 0 Å². The van der Waals surface area contributed by atoms with Gasteiger partial charge in [-0.1, -0.05) is 6.07 Å². The minimum atomic E-state index is -0.805. The second-order valence-electron chi connectivity index (χ2n) is 9.91. The van der Waals surface area contributed by atoms with Gasteiger partial charge in [0.2, 0.25) is 0 Å². The summed E-state index contributed by atoms with van der Waals surface area (Å²) in [6.45, 7) is 7.01. The number of rotatable bonds is 6. The number of primary amides is 1. The van der Waals surface area contributed by atoms with Gasteiger partial charge in [-0.2, -0.15) is 0 Å². The Balaban J connectivity index is 1.72. The normalized spacial score (nSPS) is 34.3. The van der Waals surface area contributed by atoms with Crippen molar-refractivity contribution in [1.29, 1.82) is 0 Å². The number of likely N-dealkylation sites (tertiary alicyclic amines) is 1. The van der Waals surface area contributed by atoms with Crippen LogP contribution in [-0.2, 0) is 5.41 Å². The third-order valence-corrected chi connectivity index (χ3v) is 8.18. The molecule has 2 amide bonds. The Morgan fingerprint density at radius 1 is 1.30 bits per heavy atom. The molecular formula is C24H37N3O3. The van der Waals surface area contributed by atoms with Crippen LogP contribution in [0.5, 0.6) is 5.75 Å². The van der Waals surface area contributed by atoms with Crippen LogP contribution >= 0.6 is 0 Å². The van der Waals surface area contributed by atoms with Gasteiger partial charge < -0.3 is 20.9 Å². The summed E-state index contributed by atoms with van der Waals surface area (Å²) in [5.74, 6) is 1.93. The van der Waals surface area contributed by atoms with Gasteiger partial charge in [0.1, 0.15) is 5.75 Å². The summed E-state index contributed by atoms with van der Waals surface area (Å²) in [5.41, 5.74) is 6.58. The number of carbonyl (C=O) groups is 1. The van der Waals surface area contributed by atoms with Crippen molar-refractivity contribution in [3.8, 4) is 5.75 Å². The summed E-state index contributed by atoms with van der Waals surface area (Å²) < 4.78 is 5.56. The van der Waals surface area contributed by atoms with E-state index in [2.05, 4.69) is 36.2 Å². The van der Waals surface area contributed by atoms with Crippen LogP contribution in [0.15, 0.2) is 18.2 Å². The monoisotopic (exact) mass is 415 g/mol. The highest BCUT2D eigenvalue weighted by atomic mass is 16.5. The van der Waals surface area contributed by atoms with Crippen molar-refractivity contribution in [2.75, 3.05) is 26.7 Å². The molecule has 166 valence electrons. The Labute approximate surface area is 180 Å². The van der Waals surface area contributed by atoms with Gasteiger partial charge in [-0.3, -0.25) is 4.90 Å². The first kappa shape index (κ1) is 21.4. The summed E-state index contributed by atoms with van der Waals surface area (Å²) in [4.78, 5) is 13.8. The third-order valence-electron chi connectivity index (χ3n) is 8.18. The lowest BCUT2D eigenvalue weighted by Crippen LogP contribution is -2.70. The molecule has 0 bridgehead atoms. The highest BCUT2D eigenvalue weighted by Gasteiger charge is 2.61. The van der Waals surface area contributed by atoms with Crippen LogP contribution in [0.2, 0.25) is 0 Å². The number of urea groups is 1. The van der Waals surface area contributed by atoms with Gasteiger partial charge in [0.25, 0.3) is 0 Å². The highest BCUT2D eigenvalue weighted by Crippen LogP contribution is 2.56. The molecule has 4 unspecified atom stereocenters. The quantitative estimate of drug-likeness (QED) is 0.667. The van der Waals surface area contributed by atoms with E-state index in [0.717, 1.165) is 50.4 Å². The fraction of sp³-hybridized carbons (Fsp3) is 0.708. The Hall–Kier alpha value is -1.79. The number of nitrogens with two attached hydrogens (primary N) is 1. The summed E-state index contributed by atoms with van der Waals surface area (Å²) in [7, 11) is 1.69. The first-order chi connectivity index (χ1) is 14.3. The molecule has 1 aromatic carbocycles. The van der Waals surface area contributed by atoms with Crippen molar-refractivity contribution in [3.05, 3.63) is 29.3 Å². The number of fused-ring (bicyclic) bond motifs is 1. The maximum atomic E-state index is 12.4. The Morgan fingerprint density at radius 2 is 2.07 bits per heavy atom. The van der Waals surface area contributed by atoms with Crippen LogP contribution in [0.3, 0.4) is 0 Å². The van der Waals surface area contributed by atoms with Crippen molar-refractivity contribution < 1.29 is 14.6 Å². The summed E-state index contributed by atoms with van der Waals surface area (Å²) in [6.07, 6.45) is 6.03. The minimum absolute atomic E-state index is 0.0995. The molecule has 0 aromatic heterocycles. The van der Waals surface area contributed by atoms with Crippen LogP contribution in [0.25, 0.3) is 0 Å². The SMILES string of the molecule is COc1ccc(C)c(C23CCN(CC4CC4)C(C)C2(O)CCC(CNC(N)=O)C3)c1. The number of amides is 2. The molecule has 4 atom stereocenters. The third kappa shape index (κ3) is 3.69. The molecule has 1 aliphatic heterocycles. The van der Waals surface area contributed by atoms with Crippen molar-refractivity contribution in [3.63, 3.8) is 0 Å². The molecule has 2 saturated carbocycles. The number of nitrogens with one attached hydrogen (secondary N) is 1. The van der Waals surface area contributed by atoms with E-state index < -0.39 is 11.6 Å². The predicted octanol–water partition coefficient (Wildman–Crippen LogP) is 2.95. The lowest BCUT2D eigenvalue weighted by Gasteiger charge is -2.61. The number of aliphatic hydroxyl groups is 1. The largest absolute Gasteiger partial charge is 0.497 e. The zero-order valence-electron chi connectivity index (χ0n) is 18.6. The Morgan fingerprint density at radius 3 is 2.73 bits per heavy atom. The van der Waals surface area contributed by atoms with Gasteiger partial charge in [-0.25, -0.2) is 4.79 Å². The van der Waals surface area contributed by atoms with Gasteiger partial charge in [0.15, 0.2) is 0 Å². The van der Waals surface area contributed by atoms with Crippen molar-refractivity contribution in [2.24, 2.45) is 17.6 Å². The number of hydrogen-bond donors (Lipinski definition) is 3. The second-order valence-corrected chi connectivity index (χ2v) is 9.91. The number of ether oxygens (including phenoxy) is 1. The summed E-state index contributed by atoms with van der Waals surface area (Å²) in [6, 6.07) is 5.86. The molecule has 1 saturated heterocycles. The van der Waals surface area contributed by atoms with Crippen molar-refractivity contribution in [1.82, 2.24) is 10.2 Å². The summed E-state index contributed by atoms with van der Waals surface area (Å²) in [5, 5.41) is 15.2. The maximum absolute atomic E-state index is 12.4. The summed E-state index contributed by atoms with van der Waals surface area (Å²) >= 11 is 0. The number of benzene rings is 1. The Kier molecular flexibility index (Phi) is 5.75. The van der Waals surface area contributed by atoms with E-state index in [9.17, 15) is 9.90 Å². The van der Waals surface area contributed by atoms with Crippen LogP contribution in [0.4, 0.5) is 4.79 Å². The molecule has 1 aromatic rings. The van der Waals surface area contributed by atoms with Crippen LogP contribution in [0, 0.1) is 18.8 Å². The fourth-order valence-corrected chi connectivity index (χ4v) is 6.21. The Bertz CT molecular complexity index is 796. The number of carbonyl (C=O) groups excluding carboxylic acids is 1. The molecule has 3 aliphatic rings. The topological polar surface area (TPSA) is 87.8 Å². The lowest BCUT2D eigenvalue weighted by atomic mass is 9.51. The molecule has 0 radical (unpaired) electrons. The van der Waals surface area contributed by atoms with E-state index in [0.29, 0.717) is 12.5 Å². The average molecular weight is 416 g/mol. The number of methoxy groups -OCH3 is 1. The van der Waals surface area contributed by atoms with Gasteiger partial charge in [-0.05, 0) is 94.0 Å². The molecule has 4 N–H and O–H groups in total. The van der Waals surface area contributed by atoms with Crippen LogP contribution < -0.4 is 15.8 Å². The van der Waals surface area contributed by atoms with E-state index in [1.54, 1.807) is 7.11 Å². The molecule has 1 heterocycles. The molecule has 0 spiro atoms. The number of aryl methyl sites for hydroxylation is 1. The van der Waals surface area contributed by atoms with Crippen molar-refractivity contribution >= 4 is 6.03 Å². The molecule has 4 rings (SSSR count). The van der Waals surface area contributed by atoms with Gasteiger partial charge in [0, 0.05) is 24.5 Å². The first-order valence-electron chi connectivity index (χ1n) is 11.4. The van der Waals surface area contributed by atoms with E-state index >= 15 is 0 Å². The smallest absolute Gasteiger partial charge is 0.312 e. The van der Waals surface area contributed by atoms with Gasteiger partial charge in [0.05, 0.1) is 12.7 Å². The fourth-order valence-electron chi connectivity index (χ4n) is 6.21. The number of piperidine rings is 1.